The maximum atomic E-state index is 13.2. The van der Waals surface area contributed by atoms with Gasteiger partial charge in [0.15, 0.2) is 0 Å². The Morgan fingerprint density at radius 2 is 2.06 bits per heavy atom. The first kappa shape index (κ1) is 12.1. The number of aryl methyl sites for hydroxylation is 1. The summed E-state index contributed by atoms with van der Waals surface area (Å²) >= 11 is 0. The van der Waals surface area contributed by atoms with E-state index in [0.29, 0.717) is 6.61 Å². The van der Waals surface area contributed by atoms with Crippen LogP contribution in [0.3, 0.4) is 0 Å². The molecule has 2 aromatic rings. The van der Waals surface area contributed by atoms with Crippen molar-refractivity contribution < 1.29 is 9.13 Å². The van der Waals surface area contributed by atoms with E-state index in [-0.39, 0.29) is 11.9 Å². The fourth-order valence-corrected chi connectivity index (χ4v) is 2.03. The van der Waals surface area contributed by atoms with E-state index in [1.165, 1.54) is 6.07 Å². The molecule has 0 fully saturated rings. The summed E-state index contributed by atoms with van der Waals surface area (Å²) in [7, 11) is 0. The summed E-state index contributed by atoms with van der Waals surface area (Å²) < 4.78 is 20.9. The number of halogens is 1. The molecule has 2 rings (SSSR count). The third-order valence-corrected chi connectivity index (χ3v) is 2.83. The lowest BCUT2D eigenvalue weighted by molar-refractivity contribution is 0.0620. The molecule has 1 aromatic carbocycles. The fourth-order valence-electron chi connectivity index (χ4n) is 2.03. The Balaban J connectivity index is 2.41. The van der Waals surface area contributed by atoms with Gasteiger partial charge in [-0.05, 0) is 45.0 Å². The largest absolute Gasteiger partial charge is 0.373 e. The van der Waals surface area contributed by atoms with E-state index in [0.717, 1.165) is 23.1 Å². The molecule has 0 N–H and O–H groups in total. The minimum Gasteiger partial charge on any atom is -0.373 e. The van der Waals surface area contributed by atoms with E-state index < -0.39 is 0 Å². The zero-order chi connectivity index (χ0) is 12.4. The smallest absolute Gasteiger partial charge is 0.125 e. The second-order valence-electron chi connectivity index (χ2n) is 4.44. The molecule has 0 spiro atoms. The molecule has 0 unspecified atom stereocenters. The Morgan fingerprint density at radius 3 is 2.71 bits per heavy atom. The summed E-state index contributed by atoms with van der Waals surface area (Å²) in [6.45, 7) is 7.48. The maximum absolute atomic E-state index is 13.2. The number of fused-ring (bicyclic) bond motifs is 1. The van der Waals surface area contributed by atoms with Crippen molar-refractivity contribution in [2.24, 2.45) is 0 Å². The van der Waals surface area contributed by atoms with Crippen molar-refractivity contribution in [2.45, 2.75) is 40.0 Å². The van der Waals surface area contributed by atoms with Gasteiger partial charge in [-0.15, -0.1) is 0 Å². The van der Waals surface area contributed by atoms with Gasteiger partial charge >= 0.3 is 0 Å². The molecule has 0 saturated heterocycles. The molecular formula is C14H18FNO. The van der Waals surface area contributed by atoms with Gasteiger partial charge in [-0.2, -0.15) is 0 Å². The van der Waals surface area contributed by atoms with Gasteiger partial charge in [0.2, 0.25) is 0 Å². The van der Waals surface area contributed by atoms with Crippen LogP contribution in [0.2, 0.25) is 0 Å². The minimum atomic E-state index is -0.193. The Morgan fingerprint density at radius 1 is 1.29 bits per heavy atom. The number of hydrogen-bond donors (Lipinski definition) is 0. The lowest BCUT2D eigenvalue weighted by Crippen LogP contribution is -2.07. The van der Waals surface area contributed by atoms with Crippen LogP contribution in [0.5, 0.6) is 0 Å². The first-order chi connectivity index (χ1) is 8.11. The Bertz CT molecular complexity index is 516. The summed E-state index contributed by atoms with van der Waals surface area (Å²) in [5.41, 5.74) is 2.04. The average Bonchev–Trinajstić information content (AvgIpc) is 2.63. The lowest BCUT2D eigenvalue weighted by atomic mass is 10.2. The molecule has 17 heavy (non-hydrogen) atoms. The monoisotopic (exact) mass is 235 g/mol. The Kier molecular flexibility index (Phi) is 3.48. The molecule has 0 aliphatic rings. The third-order valence-electron chi connectivity index (χ3n) is 2.83. The maximum Gasteiger partial charge on any atom is 0.125 e. The van der Waals surface area contributed by atoms with E-state index in [2.05, 4.69) is 17.6 Å². The predicted molar refractivity (Wildman–Crippen MR) is 67.5 cm³/mol. The number of benzene rings is 1. The summed E-state index contributed by atoms with van der Waals surface area (Å²) in [6, 6.07) is 6.96. The van der Waals surface area contributed by atoms with Crippen molar-refractivity contribution in [2.75, 3.05) is 0 Å². The zero-order valence-corrected chi connectivity index (χ0v) is 10.5. The normalized spacial score (nSPS) is 11.6. The molecule has 2 nitrogen and oxygen atoms in total. The van der Waals surface area contributed by atoms with Crippen LogP contribution < -0.4 is 0 Å². The van der Waals surface area contributed by atoms with Crippen molar-refractivity contribution in [1.82, 2.24) is 4.57 Å². The molecular weight excluding hydrogens is 217 g/mol. The van der Waals surface area contributed by atoms with Gasteiger partial charge in [0, 0.05) is 17.6 Å². The van der Waals surface area contributed by atoms with Crippen LogP contribution in [0.15, 0.2) is 24.3 Å². The number of rotatable bonds is 4. The van der Waals surface area contributed by atoms with Crippen molar-refractivity contribution in [3.63, 3.8) is 0 Å². The molecule has 0 radical (unpaired) electrons. The van der Waals surface area contributed by atoms with Crippen LogP contribution in [-0.2, 0) is 17.9 Å². The molecule has 0 aliphatic heterocycles. The second-order valence-corrected chi connectivity index (χ2v) is 4.44. The van der Waals surface area contributed by atoms with Crippen molar-refractivity contribution in [3.05, 3.63) is 35.8 Å². The van der Waals surface area contributed by atoms with E-state index in [9.17, 15) is 4.39 Å². The van der Waals surface area contributed by atoms with Crippen LogP contribution in [0.4, 0.5) is 4.39 Å². The van der Waals surface area contributed by atoms with E-state index >= 15 is 0 Å². The third kappa shape index (κ3) is 2.50. The van der Waals surface area contributed by atoms with Crippen molar-refractivity contribution >= 4 is 10.9 Å². The minimum absolute atomic E-state index is 0.193. The Hall–Kier alpha value is -1.35. The van der Waals surface area contributed by atoms with Crippen LogP contribution in [0.1, 0.15) is 26.5 Å². The van der Waals surface area contributed by atoms with E-state index in [4.69, 9.17) is 4.74 Å². The molecule has 92 valence electrons. The van der Waals surface area contributed by atoms with Gasteiger partial charge in [-0.1, -0.05) is 0 Å². The summed E-state index contributed by atoms with van der Waals surface area (Å²) in [5, 5.41) is 1.07. The summed E-state index contributed by atoms with van der Waals surface area (Å²) in [4.78, 5) is 0. The molecule has 3 heteroatoms. The molecule has 0 bridgehead atoms. The average molecular weight is 235 g/mol. The number of aromatic nitrogens is 1. The van der Waals surface area contributed by atoms with Crippen molar-refractivity contribution in [1.29, 1.82) is 0 Å². The van der Waals surface area contributed by atoms with Gasteiger partial charge in [0.25, 0.3) is 0 Å². The van der Waals surface area contributed by atoms with Gasteiger partial charge in [-0.3, -0.25) is 0 Å². The number of hydrogen-bond acceptors (Lipinski definition) is 1. The summed E-state index contributed by atoms with van der Waals surface area (Å²) in [5.74, 6) is -0.193. The highest BCUT2D eigenvalue weighted by molar-refractivity contribution is 5.81. The highest BCUT2D eigenvalue weighted by Gasteiger charge is 2.09. The van der Waals surface area contributed by atoms with Gasteiger partial charge in [0.1, 0.15) is 5.82 Å². The van der Waals surface area contributed by atoms with Gasteiger partial charge in [0.05, 0.1) is 18.2 Å². The highest BCUT2D eigenvalue weighted by atomic mass is 19.1. The lowest BCUT2D eigenvalue weighted by Gasteiger charge is -2.10. The first-order valence-corrected chi connectivity index (χ1v) is 6.01. The fraction of sp³-hybridized carbons (Fsp3) is 0.429. The Labute approximate surface area is 101 Å². The van der Waals surface area contributed by atoms with Gasteiger partial charge in [-0.25, -0.2) is 4.39 Å². The van der Waals surface area contributed by atoms with Gasteiger partial charge < -0.3 is 9.30 Å². The second kappa shape index (κ2) is 4.88. The zero-order valence-electron chi connectivity index (χ0n) is 10.5. The predicted octanol–water partition coefficient (Wildman–Crippen LogP) is 3.73. The van der Waals surface area contributed by atoms with Crippen molar-refractivity contribution in [3.8, 4) is 0 Å². The first-order valence-electron chi connectivity index (χ1n) is 6.01. The van der Waals surface area contributed by atoms with Crippen LogP contribution >= 0.6 is 0 Å². The molecule has 0 aliphatic carbocycles. The molecule has 1 heterocycles. The van der Waals surface area contributed by atoms with Crippen LogP contribution in [0, 0.1) is 5.82 Å². The summed E-state index contributed by atoms with van der Waals surface area (Å²) in [6.07, 6.45) is 0.204. The van der Waals surface area contributed by atoms with Crippen LogP contribution in [0.25, 0.3) is 10.9 Å². The van der Waals surface area contributed by atoms with E-state index in [1.807, 2.05) is 19.9 Å². The number of nitrogens with zero attached hydrogens (tertiary/aromatic N) is 1. The molecule has 0 atom stereocenters. The quantitative estimate of drug-likeness (QED) is 0.787. The number of ether oxygens (including phenoxy) is 1. The molecule has 0 amide bonds. The van der Waals surface area contributed by atoms with Crippen LogP contribution in [-0.4, -0.2) is 10.7 Å². The standard InChI is InChI=1S/C14H18FNO/c1-4-16-13(9-17-10(2)3)7-11-5-6-12(15)8-14(11)16/h5-8,10H,4,9H2,1-3H3. The molecule has 0 saturated carbocycles. The highest BCUT2D eigenvalue weighted by Crippen LogP contribution is 2.22. The SMILES string of the molecule is CCn1c(COC(C)C)cc2ccc(F)cc21. The topological polar surface area (TPSA) is 14.2 Å². The molecule has 1 aromatic heterocycles. The van der Waals surface area contributed by atoms with E-state index in [1.54, 1.807) is 6.07 Å².